The quantitative estimate of drug-likeness (QED) is 0.373. The molecule has 4 fully saturated rings. The monoisotopic (exact) mass is 564 g/mol. The number of hydrogen-bond donors (Lipinski definition) is 3. The summed E-state index contributed by atoms with van der Waals surface area (Å²) >= 11 is 0. The molecule has 10 heteroatoms. The Hall–Kier alpha value is -3.08. The van der Waals surface area contributed by atoms with E-state index in [1.165, 1.54) is 38.2 Å². The Morgan fingerprint density at radius 3 is 2.33 bits per heavy atom. The number of nitrogens with zero attached hydrogens (tertiary/aromatic N) is 2. The van der Waals surface area contributed by atoms with Crippen LogP contribution in [0.25, 0.3) is 11.0 Å². The van der Waals surface area contributed by atoms with E-state index in [2.05, 4.69) is 19.8 Å². The van der Waals surface area contributed by atoms with Gasteiger partial charge < -0.3 is 24.6 Å². The van der Waals surface area contributed by atoms with Crippen molar-refractivity contribution in [3.8, 4) is 0 Å². The fourth-order valence-corrected chi connectivity index (χ4v) is 7.63. The zero-order valence-corrected chi connectivity index (χ0v) is 23.4. The highest BCUT2D eigenvalue weighted by Crippen LogP contribution is 2.55. The van der Waals surface area contributed by atoms with Crippen LogP contribution < -0.4 is 19.8 Å². The van der Waals surface area contributed by atoms with Gasteiger partial charge in [-0.1, -0.05) is 0 Å². The second kappa shape index (κ2) is 9.49. The lowest BCUT2D eigenvalue weighted by molar-refractivity contribution is 0.102. The fraction of sp³-hybridized carbons (Fsp3) is 0.500. The third-order valence-corrected chi connectivity index (χ3v) is 11.0. The summed E-state index contributed by atoms with van der Waals surface area (Å²) in [5, 5.41) is 13.2. The summed E-state index contributed by atoms with van der Waals surface area (Å²) in [6, 6.07) is 10.5. The molecule has 2 aliphatic heterocycles. The van der Waals surface area contributed by atoms with Crippen LogP contribution in [0.1, 0.15) is 55.3 Å². The van der Waals surface area contributed by atoms with Crippen LogP contribution in [-0.2, 0) is 10.0 Å². The number of sulfonamides is 1. The molecule has 3 aromatic rings. The molecule has 3 N–H and O–H groups in total. The van der Waals surface area contributed by atoms with E-state index in [-0.39, 0.29) is 24.0 Å². The Labute approximate surface area is 234 Å². The smallest absolute Gasteiger partial charge is 0.257 e. The molecule has 7 rings (SSSR count). The van der Waals surface area contributed by atoms with E-state index in [0.29, 0.717) is 27.8 Å². The van der Waals surface area contributed by atoms with Crippen molar-refractivity contribution < 1.29 is 22.7 Å². The molecular formula is C30H36N4O5S. The summed E-state index contributed by atoms with van der Waals surface area (Å²) in [4.78, 5) is 18.4. The van der Waals surface area contributed by atoms with Crippen LogP contribution in [0.4, 0.5) is 17.1 Å². The van der Waals surface area contributed by atoms with E-state index >= 15 is 0 Å². The Morgan fingerprint density at radius 1 is 0.900 bits per heavy atom. The number of nitrogens with one attached hydrogen (secondary N) is 2. The highest BCUT2D eigenvalue weighted by atomic mass is 32.2. The molecule has 2 spiro atoms. The van der Waals surface area contributed by atoms with Crippen molar-refractivity contribution in [3.63, 3.8) is 0 Å². The first-order chi connectivity index (χ1) is 19.3. The highest BCUT2D eigenvalue weighted by molar-refractivity contribution is 7.89. The second-order valence-corrected chi connectivity index (χ2v) is 14.0. The predicted octanol–water partition coefficient (Wildman–Crippen LogP) is 4.33. The van der Waals surface area contributed by atoms with Gasteiger partial charge in [-0.2, -0.15) is 0 Å². The van der Waals surface area contributed by atoms with Crippen LogP contribution in [0.3, 0.4) is 0 Å². The summed E-state index contributed by atoms with van der Waals surface area (Å²) in [6.07, 6.45) is 10.0. The molecule has 1 aromatic heterocycles. The first-order valence-corrected chi connectivity index (χ1v) is 15.8. The molecule has 3 heterocycles. The maximum Gasteiger partial charge on any atom is 0.257 e. The van der Waals surface area contributed by atoms with Gasteiger partial charge in [0.25, 0.3) is 5.91 Å². The Kier molecular flexibility index (Phi) is 6.14. The highest BCUT2D eigenvalue weighted by Gasteiger charge is 2.48. The first kappa shape index (κ1) is 25.9. The number of carbonyl (C=O) groups is 1. The number of aliphatic hydroxyl groups excluding tert-OH is 1. The molecule has 0 unspecified atom stereocenters. The summed E-state index contributed by atoms with van der Waals surface area (Å²) in [6.45, 7) is 3.21. The van der Waals surface area contributed by atoms with Crippen LogP contribution in [0.5, 0.6) is 0 Å². The molecule has 1 amide bonds. The molecule has 2 aliphatic carbocycles. The molecule has 212 valence electrons. The molecule has 4 aliphatic rings. The molecule has 2 saturated carbocycles. The number of benzene rings is 2. The Morgan fingerprint density at radius 2 is 1.62 bits per heavy atom. The number of carbonyl (C=O) groups excluding carboxylic acids is 1. The molecule has 40 heavy (non-hydrogen) atoms. The molecule has 9 nitrogen and oxygen atoms in total. The van der Waals surface area contributed by atoms with Crippen molar-refractivity contribution in [2.75, 3.05) is 54.4 Å². The molecule has 0 bridgehead atoms. The number of hydrogen-bond acceptors (Lipinski definition) is 7. The van der Waals surface area contributed by atoms with Crippen LogP contribution in [0.2, 0.25) is 0 Å². The number of amides is 1. The van der Waals surface area contributed by atoms with Crippen molar-refractivity contribution in [2.24, 2.45) is 10.8 Å². The minimum atomic E-state index is -3.82. The maximum atomic E-state index is 13.8. The van der Waals surface area contributed by atoms with Gasteiger partial charge >= 0.3 is 0 Å². The van der Waals surface area contributed by atoms with E-state index < -0.39 is 10.0 Å². The Bertz CT molecular complexity index is 1560. The fourth-order valence-electron chi connectivity index (χ4n) is 6.59. The second-order valence-electron chi connectivity index (χ2n) is 12.2. The Balaban J connectivity index is 1.20. The van der Waals surface area contributed by atoms with Gasteiger partial charge in [0.1, 0.15) is 0 Å². The molecule has 2 aromatic carbocycles. The molecular weight excluding hydrogens is 528 g/mol. The average Bonchev–Trinajstić information content (AvgIpc) is 3.78. The number of rotatable bonds is 8. The third-order valence-electron chi connectivity index (χ3n) is 9.58. The largest absolute Gasteiger partial charge is 0.462 e. The SMILES string of the molecule is O=C(Nc1cc(N2CCC3(CC3)C2)c2occc2c1)c1ccc(S(=O)(=O)NCCO)cc1N1CCC2(CC1)CC2. The van der Waals surface area contributed by atoms with E-state index in [4.69, 9.17) is 9.52 Å². The lowest BCUT2D eigenvalue weighted by atomic mass is 9.93. The molecule has 2 saturated heterocycles. The first-order valence-electron chi connectivity index (χ1n) is 14.4. The number of furan rings is 1. The van der Waals surface area contributed by atoms with Crippen molar-refractivity contribution in [1.82, 2.24) is 4.72 Å². The average molecular weight is 565 g/mol. The number of aliphatic hydroxyl groups is 1. The zero-order chi connectivity index (χ0) is 27.5. The van der Waals surface area contributed by atoms with Gasteiger partial charge in [0.2, 0.25) is 10.0 Å². The van der Waals surface area contributed by atoms with Gasteiger partial charge in [-0.3, -0.25) is 4.79 Å². The number of fused-ring (bicyclic) bond motifs is 1. The molecule has 0 atom stereocenters. The zero-order valence-electron chi connectivity index (χ0n) is 22.6. The van der Waals surface area contributed by atoms with E-state index in [1.807, 2.05) is 18.2 Å². The normalized spacial score (nSPS) is 20.9. The van der Waals surface area contributed by atoms with Gasteiger partial charge in [-0.05, 0) is 92.2 Å². The lowest BCUT2D eigenvalue weighted by Gasteiger charge is -2.35. The van der Waals surface area contributed by atoms with Gasteiger partial charge in [0, 0.05) is 43.8 Å². The number of piperidine rings is 1. The van der Waals surface area contributed by atoms with Crippen molar-refractivity contribution in [3.05, 3.63) is 48.2 Å². The summed E-state index contributed by atoms with van der Waals surface area (Å²) in [5.74, 6) is -0.275. The van der Waals surface area contributed by atoms with Gasteiger partial charge in [0.15, 0.2) is 5.58 Å². The van der Waals surface area contributed by atoms with Crippen molar-refractivity contribution in [2.45, 2.75) is 49.8 Å². The van der Waals surface area contributed by atoms with Crippen LogP contribution in [-0.4, -0.2) is 58.8 Å². The van der Waals surface area contributed by atoms with Gasteiger partial charge in [-0.15, -0.1) is 0 Å². The summed E-state index contributed by atoms with van der Waals surface area (Å²) in [5.41, 5.74) is 4.49. The van der Waals surface area contributed by atoms with E-state index in [1.54, 1.807) is 18.4 Å². The van der Waals surface area contributed by atoms with Crippen LogP contribution >= 0.6 is 0 Å². The number of anilines is 3. The van der Waals surface area contributed by atoms with Crippen LogP contribution in [0.15, 0.2) is 52.0 Å². The standard InChI is InChI=1S/C30H36N4O5S/c35-15-11-31-40(37,38)23-1-2-24(25(19-23)33-12-8-29(4-5-29)9-13-33)28(36)32-22-17-21-3-16-39-27(21)26(18-22)34-14-10-30(20-34)6-7-30/h1-3,16-19,31,35H,4-15,20H2,(H,32,36). The molecule has 0 radical (unpaired) electrons. The van der Waals surface area contributed by atoms with Crippen LogP contribution in [0, 0.1) is 10.8 Å². The van der Waals surface area contributed by atoms with Crippen molar-refractivity contribution in [1.29, 1.82) is 0 Å². The van der Waals surface area contributed by atoms with E-state index in [0.717, 1.165) is 55.7 Å². The van der Waals surface area contributed by atoms with E-state index in [9.17, 15) is 13.2 Å². The van der Waals surface area contributed by atoms with Gasteiger partial charge in [-0.25, -0.2) is 13.1 Å². The predicted molar refractivity (Wildman–Crippen MR) is 154 cm³/mol. The summed E-state index contributed by atoms with van der Waals surface area (Å²) in [7, 11) is -3.82. The summed E-state index contributed by atoms with van der Waals surface area (Å²) < 4.78 is 34.0. The maximum absolute atomic E-state index is 13.8. The lowest BCUT2D eigenvalue weighted by Crippen LogP contribution is -2.36. The van der Waals surface area contributed by atoms with Crippen molar-refractivity contribution >= 4 is 44.0 Å². The minimum absolute atomic E-state index is 0.0664. The minimum Gasteiger partial charge on any atom is -0.462 e. The third kappa shape index (κ3) is 4.76. The van der Waals surface area contributed by atoms with Gasteiger partial charge in [0.05, 0.1) is 34.7 Å². The topological polar surface area (TPSA) is 115 Å².